The molecule has 0 atom stereocenters. The monoisotopic (exact) mass is 290 g/mol. The van der Waals surface area contributed by atoms with Gasteiger partial charge in [-0.25, -0.2) is 0 Å². The fraction of sp³-hybridized carbons (Fsp3) is 0.250. The highest BCUT2D eigenvalue weighted by Crippen LogP contribution is 2.42. The molecule has 3 N–H and O–H groups in total. The van der Waals surface area contributed by atoms with E-state index in [1.165, 1.54) is 5.56 Å². The van der Waals surface area contributed by atoms with E-state index >= 15 is 0 Å². The van der Waals surface area contributed by atoms with Gasteiger partial charge < -0.3 is 5.73 Å². The highest BCUT2D eigenvalue weighted by atomic mass is 14.8. The zero-order valence-corrected chi connectivity index (χ0v) is 13.0. The number of hydrogen-bond acceptors (Lipinski definition) is 2. The summed E-state index contributed by atoms with van der Waals surface area (Å²) in [5, 5.41) is 8.52. The molecule has 2 aromatic carbocycles. The molecule has 1 fully saturated rings. The topological polar surface area (TPSA) is 49.9 Å². The molecule has 0 amide bonds. The Balaban J connectivity index is 1.91. The van der Waals surface area contributed by atoms with Crippen molar-refractivity contribution >= 4 is 11.3 Å². The number of allylic oxidation sites excluding steroid dienone is 2. The highest BCUT2D eigenvalue weighted by molar-refractivity contribution is 6.30. The van der Waals surface area contributed by atoms with Gasteiger partial charge in [-0.2, -0.15) is 0 Å². The molecule has 22 heavy (non-hydrogen) atoms. The lowest BCUT2D eigenvalue weighted by atomic mass is 9.93. The molecule has 2 nitrogen and oxygen atoms in total. The Labute approximate surface area is 132 Å². The molecule has 0 bridgehead atoms. The van der Waals surface area contributed by atoms with Crippen molar-refractivity contribution in [1.29, 1.82) is 5.41 Å². The summed E-state index contributed by atoms with van der Waals surface area (Å²) in [5.74, 6) is 0. The van der Waals surface area contributed by atoms with Crippen LogP contribution in [0.1, 0.15) is 42.9 Å². The van der Waals surface area contributed by atoms with E-state index in [-0.39, 0.29) is 5.54 Å². The van der Waals surface area contributed by atoms with Crippen molar-refractivity contribution in [1.82, 2.24) is 0 Å². The summed E-state index contributed by atoms with van der Waals surface area (Å²) in [6.07, 6.45) is 5.18. The number of nitrogens with two attached hydrogens (primary N) is 1. The van der Waals surface area contributed by atoms with Crippen LogP contribution in [0.3, 0.4) is 0 Å². The molecule has 2 aromatic rings. The van der Waals surface area contributed by atoms with Crippen LogP contribution in [0.5, 0.6) is 0 Å². The normalized spacial score (nSPS) is 16.4. The first kappa shape index (κ1) is 14.7. The molecule has 1 aliphatic rings. The van der Waals surface area contributed by atoms with Gasteiger partial charge in [-0.3, -0.25) is 5.41 Å². The minimum Gasteiger partial charge on any atom is -0.321 e. The van der Waals surface area contributed by atoms with Crippen molar-refractivity contribution in [2.45, 2.75) is 31.7 Å². The van der Waals surface area contributed by atoms with Crippen molar-refractivity contribution in [2.24, 2.45) is 5.73 Å². The molecule has 0 saturated heterocycles. The molecule has 2 heteroatoms. The molecule has 1 aliphatic carbocycles. The Hall–Kier alpha value is -2.19. The molecular formula is C20H22N2. The first-order valence-electron chi connectivity index (χ1n) is 7.88. The first-order valence-corrected chi connectivity index (χ1v) is 7.88. The average Bonchev–Trinajstić information content (AvgIpc) is 3.32. The summed E-state index contributed by atoms with van der Waals surface area (Å²) in [5.41, 5.74) is 11.0. The van der Waals surface area contributed by atoms with E-state index in [0.29, 0.717) is 5.71 Å². The maximum atomic E-state index is 8.52. The average molecular weight is 290 g/mol. The molecule has 112 valence electrons. The van der Waals surface area contributed by atoms with Gasteiger partial charge in [-0.05, 0) is 30.4 Å². The van der Waals surface area contributed by atoms with E-state index in [1.54, 1.807) is 0 Å². The van der Waals surface area contributed by atoms with Crippen LogP contribution in [0.4, 0.5) is 0 Å². The minimum absolute atomic E-state index is 0.0971. The Morgan fingerprint density at radius 3 is 2.23 bits per heavy atom. The zero-order chi connectivity index (χ0) is 15.6. The van der Waals surface area contributed by atoms with Crippen molar-refractivity contribution in [3.63, 3.8) is 0 Å². The van der Waals surface area contributed by atoms with E-state index < -0.39 is 0 Å². The lowest BCUT2D eigenvalue weighted by molar-refractivity contribution is 0.740. The smallest absolute Gasteiger partial charge is 0.0687 e. The number of rotatable bonds is 5. The van der Waals surface area contributed by atoms with Crippen molar-refractivity contribution in [3.8, 4) is 0 Å². The second kappa shape index (κ2) is 5.90. The predicted octanol–water partition coefficient (Wildman–Crippen LogP) is 4.50. The molecule has 1 saturated carbocycles. The summed E-state index contributed by atoms with van der Waals surface area (Å²) in [6, 6.07) is 18.3. The maximum Gasteiger partial charge on any atom is 0.0687 e. The van der Waals surface area contributed by atoms with E-state index in [1.807, 2.05) is 30.3 Å². The van der Waals surface area contributed by atoms with Crippen LogP contribution in [-0.4, -0.2) is 5.71 Å². The molecule has 0 heterocycles. The van der Waals surface area contributed by atoms with Gasteiger partial charge in [0, 0.05) is 16.7 Å². The predicted molar refractivity (Wildman–Crippen MR) is 93.1 cm³/mol. The van der Waals surface area contributed by atoms with Crippen LogP contribution in [-0.2, 0) is 5.54 Å². The first-order chi connectivity index (χ1) is 10.6. The van der Waals surface area contributed by atoms with Gasteiger partial charge in [-0.15, -0.1) is 0 Å². The second-order valence-electron chi connectivity index (χ2n) is 6.00. The fourth-order valence-electron chi connectivity index (χ4n) is 2.73. The van der Waals surface area contributed by atoms with E-state index in [9.17, 15) is 0 Å². The van der Waals surface area contributed by atoms with Crippen molar-refractivity contribution in [3.05, 3.63) is 77.4 Å². The van der Waals surface area contributed by atoms with E-state index in [2.05, 4.69) is 37.3 Å². The lowest BCUT2D eigenvalue weighted by Crippen LogP contribution is -2.18. The third-order valence-corrected chi connectivity index (χ3v) is 4.30. The third kappa shape index (κ3) is 2.88. The van der Waals surface area contributed by atoms with Crippen molar-refractivity contribution in [2.75, 3.05) is 0 Å². The molecule has 0 spiro atoms. The van der Waals surface area contributed by atoms with Crippen LogP contribution in [0.2, 0.25) is 0 Å². The van der Waals surface area contributed by atoms with Crippen LogP contribution in [0.25, 0.3) is 5.57 Å². The summed E-state index contributed by atoms with van der Waals surface area (Å²) in [7, 11) is 0. The maximum absolute atomic E-state index is 8.52. The van der Waals surface area contributed by atoms with Gasteiger partial charge in [-0.1, -0.05) is 67.6 Å². The number of hydrogen-bond donors (Lipinski definition) is 2. The standard InChI is InChI=1S/C20H22N2/c1-2-6-18(19(21)16-7-4-3-5-8-16)15-9-11-17(12-10-15)20(22)13-14-20/h3-12,21H,2,13-14,22H2,1H3. The number of benzene rings is 2. The van der Waals surface area contributed by atoms with Gasteiger partial charge in [0.2, 0.25) is 0 Å². The Kier molecular flexibility index (Phi) is 3.95. The van der Waals surface area contributed by atoms with Crippen LogP contribution >= 0.6 is 0 Å². The summed E-state index contributed by atoms with van der Waals surface area (Å²) >= 11 is 0. The molecule has 0 aromatic heterocycles. The summed E-state index contributed by atoms with van der Waals surface area (Å²) in [4.78, 5) is 0. The van der Waals surface area contributed by atoms with Crippen LogP contribution in [0.15, 0.2) is 60.7 Å². The van der Waals surface area contributed by atoms with E-state index in [0.717, 1.165) is 36.0 Å². The second-order valence-corrected chi connectivity index (χ2v) is 6.00. The summed E-state index contributed by atoms with van der Waals surface area (Å²) in [6.45, 7) is 2.10. The van der Waals surface area contributed by atoms with Gasteiger partial charge in [0.05, 0.1) is 5.71 Å². The molecule has 0 unspecified atom stereocenters. The molecule has 3 rings (SSSR count). The quantitative estimate of drug-likeness (QED) is 0.783. The van der Waals surface area contributed by atoms with Gasteiger partial charge in [0.25, 0.3) is 0 Å². The Morgan fingerprint density at radius 1 is 1.05 bits per heavy atom. The van der Waals surface area contributed by atoms with E-state index in [4.69, 9.17) is 11.1 Å². The third-order valence-electron chi connectivity index (χ3n) is 4.30. The number of nitrogens with one attached hydrogen (secondary N) is 1. The largest absolute Gasteiger partial charge is 0.321 e. The van der Waals surface area contributed by atoms with Gasteiger partial charge in [0.15, 0.2) is 0 Å². The Morgan fingerprint density at radius 2 is 1.68 bits per heavy atom. The molecular weight excluding hydrogens is 268 g/mol. The Bertz CT molecular complexity index is 692. The molecule has 0 radical (unpaired) electrons. The van der Waals surface area contributed by atoms with Gasteiger partial charge in [0.1, 0.15) is 0 Å². The lowest BCUT2D eigenvalue weighted by Gasteiger charge is -2.13. The zero-order valence-electron chi connectivity index (χ0n) is 13.0. The SMILES string of the molecule is CCC=C(C(=N)c1ccccc1)c1ccc(C2(N)CC2)cc1. The fourth-order valence-corrected chi connectivity index (χ4v) is 2.73. The van der Waals surface area contributed by atoms with Gasteiger partial charge >= 0.3 is 0 Å². The summed E-state index contributed by atoms with van der Waals surface area (Å²) < 4.78 is 0. The molecule has 0 aliphatic heterocycles. The van der Waals surface area contributed by atoms with Crippen LogP contribution < -0.4 is 5.73 Å². The minimum atomic E-state index is -0.0971. The van der Waals surface area contributed by atoms with Crippen LogP contribution in [0, 0.1) is 5.41 Å². The highest BCUT2D eigenvalue weighted by Gasteiger charge is 2.39. The van der Waals surface area contributed by atoms with Crippen molar-refractivity contribution < 1.29 is 0 Å².